The first-order valence-corrected chi connectivity index (χ1v) is 26.5. The van der Waals surface area contributed by atoms with E-state index < -0.39 is 13.9 Å². The Labute approximate surface area is 377 Å². The average molecular weight is 878 g/mol. The van der Waals surface area contributed by atoms with Gasteiger partial charge in [0.1, 0.15) is 19.3 Å². The fourth-order valence-electron chi connectivity index (χ4n) is 6.75. The lowest BCUT2D eigenvalue weighted by molar-refractivity contribution is -0.870. The maximum Gasteiger partial charge on any atom is 0.306 e. The van der Waals surface area contributed by atoms with Gasteiger partial charge in [0.15, 0.2) is 0 Å². The van der Waals surface area contributed by atoms with Crippen LogP contribution in [-0.2, 0) is 27.9 Å². The summed E-state index contributed by atoms with van der Waals surface area (Å²) in [7, 11) is 1.35. The molecule has 0 aromatic carbocycles. The molecule has 0 aromatic rings. The van der Waals surface area contributed by atoms with Crippen LogP contribution in [0.1, 0.15) is 206 Å². The highest BCUT2D eigenvalue weighted by atomic mass is 31.2. The third kappa shape index (κ3) is 49.1. The number of ether oxygens (including phenoxy) is 2. The molecule has 0 aliphatic heterocycles. The van der Waals surface area contributed by atoms with Crippen LogP contribution in [0.15, 0.2) is 60.8 Å². The molecule has 2 unspecified atom stereocenters. The molecule has 356 valence electrons. The van der Waals surface area contributed by atoms with Gasteiger partial charge in [0.05, 0.1) is 34.4 Å². The standard InChI is InChI=1S/C52H96NO7P/c1-6-8-10-12-14-16-18-20-21-22-23-24-25-26-27-28-29-30-31-32-34-36-38-40-42-44-47-57-49-51(50-59-61(55,56)58-48-46-53(3,4)5)60-52(54)45-43-41-39-37-35-33-19-17-15-13-11-9-7-2/h8,10,14,16,20-21,23-24,26-27,51H,6-7,9,11-13,15,17-19,22,25,28-50H2,1-5H3/b10-8-,16-14-,21-20-,24-23-,27-26-. The zero-order valence-electron chi connectivity index (χ0n) is 40.4. The van der Waals surface area contributed by atoms with Crippen molar-refractivity contribution in [2.45, 2.75) is 213 Å². The Hall–Kier alpha value is -1.80. The smallest absolute Gasteiger partial charge is 0.306 e. The highest BCUT2D eigenvalue weighted by Crippen LogP contribution is 2.38. The van der Waals surface area contributed by atoms with Gasteiger partial charge in [-0.15, -0.1) is 0 Å². The van der Waals surface area contributed by atoms with E-state index in [4.69, 9.17) is 18.5 Å². The third-order valence-corrected chi connectivity index (χ3v) is 11.5. The van der Waals surface area contributed by atoms with Crippen molar-refractivity contribution in [1.82, 2.24) is 0 Å². The van der Waals surface area contributed by atoms with Gasteiger partial charge in [-0.1, -0.05) is 203 Å². The van der Waals surface area contributed by atoms with Gasteiger partial charge in [0, 0.05) is 13.0 Å². The quantitative estimate of drug-likeness (QED) is 0.0198. The number of phosphoric acid groups is 1. The van der Waals surface area contributed by atoms with Crippen LogP contribution in [0.25, 0.3) is 0 Å². The van der Waals surface area contributed by atoms with Gasteiger partial charge in [-0.2, -0.15) is 0 Å². The van der Waals surface area contributed by atoms with Gasteiger partial charge in [-0.3, -0.25) is 9.36 Å². The van der Waals surface area contributed by atoms with Crippen molar-refractivity contribution in [3.63, 3.8) is 0 Å². The summed E-state index contributed by atoms with van der Waals surface area (Å²) in [5.41, 5.74) is 0. The van der Waals surface area contributed by atoms with Crippen molar-refractivity contribution in [3.05, 3.63) is 60.8 Å². The molecule has 0 radical (unpaired) electrons. The van der Waals surface area contributed by atoms with E-state index in [0.717, 1.165) is 64.2 Å². The Morgan fingerprint density at radius 2 is 0.951 bits per heavy atom. The molecule has 0 bridgehead atoms. The van der Waals surface area contributed by atoms with Gasteiger partial charge in [0.2, 0.25) is 0 Å². The number of rotatable bonds is 46. The number of esters is 1. The molecular weight excluding hydrogens is 782 g/mol. The molecule has 0 aliphatic carbocycles. The van der Waals surface area contributed by atoms with E-state index in [-0.39, 0.29) is 25.8 Å². The first-order valence-electron chi connectivity index (χ1n) is 25.0. The molecule has 8 nitrogen and oxygen atoms in total. The van der Waals surface area contributed by atoms with Crippen molar-refractivity contribution < 1.29 is 37.3 Å². The largest absolute Gasteiger partial charge is 0.756 e. The second-order valence-corrected chi connectivity index (χ2v) is 19.2. The number of hydrogen-bond donors (Lipinski definition) is 0. The summed E-state index contributed by atoms with van der Waals surface area (Å²) in [5.74, 6) is -0.336. The number of carbonyl (C=O) groups excluding carboxylic acids is 1. The van der Waals surface area contributed by atoms with Gasteiger partial charge in [0.25, 0.3) is 7.82 Å². The lowest BCUT2D eigenvalue weighted by Gasteiger charge is -2.28. The maximum atomic E-state index is 12.7. The minimum Gasteiger partial charge on any atom is -0.756 e. The Morgan fingerprint density at radius 3 is 1.43 bits per heavy atom. The van der Waals surface area contributed by atoms with Crippen molar-refractivity contribution in [3.8, 4) is 0 Å². The Morgan fingerprint density at radius 1 is 0.525 bits per heavy atom. The number of phosphoric ester groups is 1. The van der Waals surface area contributed by atoms with E-state index in [1.54, 1.807) is 0 Å². The summed E-state index contributed by atoms with van der Waals surface area (Å²) in [4.78, 5) is 25.1. The topological polar surface area (TPSA) is 94.1 Å². The van der Waals surface area contributed by atoms with Crippen molar-refractivity contribution in [2.24, 2.45) is 0 Å². The molecule has 0 fully saturated rings. The van der Waals surface area contributed by atoms with Crippen LogP contribution in [0.4, 0.5) is 0 Å². The second-order valence-electron chi connectivity index (χ2n) is 17.8. The fraction of sp³-hybridized carbons (Fsp3) is 0.788. The minimum absolute atomic E-state index is 0.0245. The number of nitrogens with zero attached hydrogens (tertiary/aromatic N) is 1. The van der Waals surface area contributed by atoms with Crippen LogP contribution >= 0.6 is 7.82 Å². The lowest BCUT2D eigenvalue weighted by Crippen LogP contribution is -2.37. The van der Waals surface area contributed by atoms with E-state index in [9.17, 15) is 14.3 Å². The second kappa shape index (κ2) is 44.8. The SMILES string of the molecule is CC/C=C\C/C=C\C/C=C\C/C=C\C/C=C\CCCCCCCCCCCCOCC(COP(=O)([O-])OCC[N+](C)(C)C)OC(=O)CCCCCCCCCCCCCCC. The molecule has 2 atom stereocenters. The first kappa shape index (κ1) is 59.2. The van der Waals surface area contributed by atoms with Gasteiger partial charge < -0.3 is 27.9 Å². The van der Waals surface area contributed by atoms with Crippen LogP contribution in [-0.4, -0.2) is 70.7 Å². The molecule has 0 saturated heterocycles. The fourth-order valence-corrected chi connectivity index (χ4v) is 7.48. The van der Waals surface area contributed by atoms with Gasteiger partial charge in [-0.05, 0) is 57.8 Å². The first-order chi connectivity index (χ1) is 29.6. The van der Waals surface area contributed by atoms with Crippen LogP contribution in [0.5, 0.6) is 0 Å². The van der Waals surface area contributed by atoms with Gasteiger partial charge >= 0.3 is 5.97 Å². The molecule has 0 aliphatic rings. The summed E-state index contributed by atoms with van der Waals surface area (Å²) in [6.45, 7) is 5.30. The average Bonchev–Trinajstić information content (AvgIpc) is 3.22. The van der Waals surface area contributed by atoms with Crippen LogP contribution in [0.3, 0.4) is 0 Å². The minimum atomic E-state index is -4.53. The van der Waals surface area contributed by atoms with Crippen molar-refractivity contribution >= 4 is 13.8 Å². The normalized spacial score (nSPS) is 14.1. The monoisotopic (exact) mass is 878 g/mol. The highest BCUT2D eigenvalue weighted by Gasteiger charge is 2.20. The Bertz CT molecular complexity index is 1160. The van der Waals surface area contributed by atoms with E-state index in [1.807, 2.05) is 21.1 Å². The summed E-state index contributed by atoms with van der Waals surface area (Å²) < 4.78 is 34.7. The Kier molecular flexibility index (Phi) is 43.5. The van der Waals surface area contributed by atoms with E-state index in [2.05, 4.69) is 74.6 Å². The summed E-state index contributed by atoms with van der Waals surface area (Å²) in [6, 6.07) is 0. The molecule has 61 heavy (non-hydrogen) atoms. The number of likely N-dealkylation sites (N-methyl/N-ethyl adjacent to an activating group) is 1. The number of allylic oxidation sites excluding steroid dienone is 10. The molecule has 0 N–H and O–H groups in total. The predicted molar refractivity (Wildman–Crippen MR) is 259 cm³/mol. The molecule has 9 heteroatoms. The zero-order valence-corrected chi connectivity index (χ0v) is 41.2. The van der Waals surface area contributed by atoms with E-state index >= 15 is 0 Å². The van der Waals surface area contributed by atoms with Crippen molar-refractivity contribution in [1.29, 1.82) is 0 Å². The molecule has 0 amide bonds. The summed E-state index contributed by atoms with van der Waals surface area (Å²) >= 11 is 0. The Balaban J connectivity index is 4.10. The van der Waals surface area contributed by atoms with Crippen LogP contribution < -0.4 is 4.89 Å². The van der Waals surface area contributed by atoms with Crippen LogP contribution in [0, 0.1) is 0 Å². The highest BCUT2D eigenvalue weighted by molar-refractivity contribution is 7.45. The third-order valence-electron chi connectivity index (χ3n) is 10.6. The number of quaternary nitrogens is 1. The van der Waals surface area contributed by atoms with E-state index in [0.29, 0.717) is 24.1 Å². The molecule has 0 rings (SSSR count). The predicted octanol–water partition coefficient (Wildman–Crippen LogP) is 14.6. The molecule has 0 aromatic heterocycles. The molecule has 0 saturated carbocycles. The van der Waals surface area contributed by atoms with E-state index in [1.165, 1.54) is 122 Å². The number of hydrogen-bond acceptors (Lipinski definition) is 7. The molecule has 0 spiro atoms. The van der Waals surface area contributed by atoms with Gasteiger partial charge in [-0.25, -0.2) is 0 Å². The zero-order chi connectivity index (χ0) is 44.8. The van der Waals surface area contributed by atoms with Crippen LogP contribution in [0.2, 0.25) is 0 Å². The van der Waals surface area contributed by atoms with Crippen molar-refractivity contribution in [2.75, 3.05) is 54.1 Å². The molecule has 0 heterocycles. The maximum absolute atomic E-state index is 12.7. The summed E-state index contributed by atoms with van der Waals surface area (Å²) in [5, 5.41) is 0. The lowest BCUT2D eigenvalue weighted by atomic mass is 10.0. The number of carbonyl (C=O) groups is 1. The summed E-state index contributed by atoms with van der Waals surface area (Å²) in [6.07, 6.45) is 56.7. The number of unbranched alkanes of at least 4 members (excludes halogenated alkanes) is 22. The molecular formula is C52H96NO7P.